The van der Waals surface area contributed by atoms with E-state index in [0.717, 1.165) is 5.56 Å². The first kappa shape index (κ1) is 17.6. The number of para-hydroxylation sites is 2. The molecule has 2 rings (SSSR count). The van der Waals surface area contributed by atoms with E-state index >= 15 is 0 Å². The molecule has 24 heavy (non-hydrogen) atoms. The lowest BCUT2D eigenvalue weighted by atomic mass is 10.2. The summed E-state index contributed by atoms with van der Waals surface area (Å²) < 4.78 is 0. The van der Waals surface area contributed by atoms with Gasteiger partial charge in [0.1, 0.15) is 0 Å². The van der Waals surface area contributed by atoms with Crippen molar-refractivity contribution in [2.45, 2.75) is 13.5 Å². The fraction of sp³-hybridized carbons (Fsp3) is 0.176. The SMILES string of the molecule is CCNC(=O)Nc1ccccc1CNC(=O)Nc1ccccc1Cl. The predicted molar refractivity (Wildman–Crippen MR) is 96.4 cm³/mol. The van der Waals surface area contributed by atoms with Gasteiger partial charge in [-0.2, -0.15) is 0 Å². The van der Waals surface area contributed by atoms with Gasteiger partial charge < -0.3 is 21.3 Å². The van der Waals surface area contributed by atoms with Crippen LogP contribution in [-0.2, 0) is 6.54 Å². The number of nitrogens with one attached hydrogen (secondary N) is 4. The summed E-state index contributed by atoms with van der Waals surface area (Å²) in [4.78, 5) is 23.6. The van der Waals surface area contributed by atoms with Crippen molar-refractivity contribution < 1.29 is 9.59 Å². The molecule has 0 radical (unpaired) electrons. The number of hydrogen-bond acceptors (Lipinski definition) is 2. The van der Waals surface area contributed by atoms with Crippen LogP contribution in [0.25, 0.3) is 0 Å². The number of anilines is 2. The summed E-state index contributed by atoms with van der Waals surface area (Å²) in [5, 5.41) is 11.3. The van der Waals surface area contributed by atoms with E-state index in [2.05, 4.69) is 21.3 Å². The number of amides is 4. The molecule has 4 N–H and O–H groups in total. The molecular formula is C17H19ClN4O2. The van der Waals surface area contributed by atoms with E-state index in [1.807, 2.05) is 25.1 Å². The van der Waals surface area contributed by atoms with Crippen LogP contribution in [0.4, 0.5) is 21.0 Å². The van der Waals surface area contributed by atoms with Gasteiger partial charge >= 0.3 is 12.1 Å². The fourth-order valence-electron chi connectivity index (χ4n) is 2.03. The summed E-state index contributed by atoms with van der Waals surface area (Å²) >= 11 is 6.00. The van der Waals surface area contributed by atoms with Gasteiger partial charge in [0.15, 0.2) is 0 Å². The summed E-state index contributed by atoms with van der Waals surface area (Å²) in [6.07, 6.45) is 0. The van der Waals surface area contributed by atoms with E-state index in [-0.39, 0.29) is 18.6 Å². The van der Waals surface area contributed by atoms with Crippen molar-refractivity contribution in [2.24, 2.45) is 0 Å². The molecule has 2 aromatic rings. The molecule has 0 unspecified atom stereocenters. The molecule has 0 bridgehead atoms. The largest absolute Gasteiger partial charge is 0.338 e. The molecule has 0 aromatic heterocycles. The molecule has 0 saturated carbocycles. The topological polar surface area (TPSA) is 82.3 Å². The normalized spacial score (nSPS) is 9.92. The third kappa shape index (κ3) is 5.17. The van der Waals surface area contributed by atoms with Crippen molar-refractivity contribution in [3.05, 3.63) is 59.1 Å². The molecule has 0 saturated heterocycles. The van der Waals surface area contributed by atoms with E-state index in [4.69, 9.17) is 11.6 Å². The maximum Gasteiger partial charge on any atom is 0.319 e. The summed E-state index contributed by atoms with van der Waals surface area (Å²) in [5.41, 5.74) is 1.96. The Morgan fingerprint density at radius 2 is 1.46 bits per heavy atom. The monoisotopic (exact) mass is 346 g/mol. The number of rotatable bonds is 5. The van der Waals surface area contributed by atoms with Crippen LogP contribution in [-0.4, -0.2) is 18.6 Å². The second-order valence-electron chi connectivity index (χ2n) is 4.93. The van der Waals surface area contributed by atoms with Crippen molar-refractivity contribution in [1.29, 1.82) is 0 Å². The zero-order valence-electron chi connectivity index (χ0n) is 13.2. The van der Waals surface area contributed by atoms with Gasteiger partial charge in [-0.05, 0) is 30.7 Å². The van der Waals surface area contributed by atoms with Gasteiger partial charge in [-0.15, -0.1) is 0 Å². The second-order valence-corrected chi connectivity index (χ2v) is 5.34. The average Bonchev–Trinajstić information content (AvgIpc) is 2.56. The zero-order chi connectivity index (χ0) is 17.4. The molecule has 0 aliphatic carbocycles. The standard InChI is InChI=1S/C17H19ClN4O2/c1-2-19-16(23)21-14-9-5-3-7-12(14)11-20-17(24)22-15-10-6-4-8-13(15)18/h3-10H,2,11H2,1H3,(H2,19,21,23)(H2,20,22,24). The van der Waals surface area contributed by atoms with Crippen LogP contribution in [0.1, 0.15) is 12.5 Å². The third-order valence-electron chi connectivity index (χ3n) is 3.16. The van der Waals surface area contributed by atoms with Crippen LogP contribution in [0, 0.1) is 0 Å². The second kappa shape index (κ2) is 8.79. The first-order chi connectivity index (χ1) is 11.6. The Bertz CT molecular complexity index is 721. The Morgan fingerprint density at radius 1 is 0.875 bits per heavy atom. The highest BCUT2D eigenvalue weighted by Crippen LogP contribution is 2.20. The molecule has 0 aliphatic heterocycles. The summed E-state index contributed by atoms with van der Waals surface area (Å²) in [6.45, 7) is 2.64. The van der Waals surface area contributed by atoms with E-state index in [9.17, 15) is 9.59 Å². The van der Waals surface area contributed by atoms with Gasteiger partial charge in [0, 0.05) is 18.8 Å². The van der Waals surface area contributed by atoms with E-state index in [1.54, 1.807) is 30.3 Å². The van der Waals surface area contributed by atoms with Gasteiger partial charge in [-0.3, -0.25) is 0 Å². The minimum atomic E-state index is -0.379. The highest BCUT2D eigenvalue weighted by atomic mass is 35.5. The maximum atomic E-state index is 12.0. The molecule has 4 amide bonds. The molecule has 0 aliphatic rings. The average molecular weight is 347 g/mol. The number of hydrogen-bond donors (Lipinski definition) is 4. The smallest absolute Gasteiger partial charge is 0.319 e. The fourth-order valence-corrected chi connectivity index (χ4v) is 2.21. The van der Waals surface area contributed by atoms with Crippen LogP contribution in [0.3, 0.4) is 0 Å². The Kier molecular flexibility index (Phi) is 6.45. The van der Waals surface area contributed by atoms with Gasteiger partial charge in [0.2, 0.25) is 0 Å². The highest BCUT2D eigenvalue weighted by Gasteiger charge is 2.08. The van der Waals surface area contributed by atoms with Crippen molar-refractivity contribution in [3.63, 3.8) is 0 Å². The van der Waals surface area contributed by atoms with Gasteiger partial charge in [-0.1, -0.05) is 41.9 Å². The molecule has 2 aromatic carbocycles. The van der Waals surface area contributed by atoms with Crippen molar-refractivity contribution in [3.8, 4) is 0 Å². The summed E-state index contributed by atoms with van der Waals surface area (Å²) in [7, 11) is 0. The van der Waals surface area contributed by atoms with Gasteiger partial charge in [-0.25, -0.2) is 9.59 Å². The maximum absolute atomic E-state index is 12.0. The van der Waals surface area contributed by atoms with Crippen molar-refractivity contribution >= 4 is 35.0 Å². The number of carbonyl (C=O) groups is 2. The van der Waals surface area contributed by atoms with Crippen LogP contribution >= 0.6 is 11.6 Å². The van der Waals surface area contributed by atoms with Gasteiger partial charge in [0.25, 0.3) is 0 Å². The van der Waals surface area contributed by atoms with Crippen LogP contribution in [0.5, 0.6) is 0 Å². The first-order valence-electron chi connectivity index (χ1n) is 7.52. The number of carbonyl (C=O) groups excluding carboxylic acids is 2. The number of halogens is 1. The molecule has 0 fully saturated rings. The summed E-state index contributed by atoms with van der Waals surface area (Å²) in [5.74, 6) is 0. The Labute approximate surface area is 145 Å². The molecule has 0 spiro atoms. The molecule has 0 atom stereocenters. The van der Waals surface area contributed by atoms with Crippen LogP contribution in [0.15, 0.2) is 48.5 Å². The lowest BCUT2D eigenvalue weighted by Gasteiger charge is -2.13. The van der Waals surface area contributed by atoms with E-state index < -0.39 is 0 Å². The summed E-state index contributed by atoms with van der Waals surface area (Å²) in [6, 6.07) is 13.6. The van der Waals surface area contributed by atoms with Crippen molar-refractivity contribution in [1.82, 2.24) is 10.6 Å². The molecule has 7 heteroatoms. The lowest BCUT2D eigenvalue weighted by molar-refractivity contribution is 0.251. The molecule has 126 valence electrons. The van der Waals surface area contributed by atoms with Crippen LogP contribution in [0.2, 0.25) is 5.02 Å². The van der Waals surface area contributed by atoms with E-state index in [0.29, 0.717) is 22.9 Å². The Morgan fingerprint density at radius 3 is 2.17 bits per heavy atom. The predicted octanol–water partition coefficient (Wildman–Crippen LogP) is 3.80. The molecule has 6 nitrogen and oxygen atoms in total. The highest BCUT2D eigenvalue weighted by molar-refractivity contribution is 6.33. The number of benzene rings is 2. The minimum Gasteiger partial charge on any atom is -0.338 e. The third-order valence-corrected chi connectivity index (χ3v) is 3.49. The number of urea groups is 2. The van der Waals surface area contributed by atoms with Crippen LogP contribution < -0.4 is 21.3 Å². The van der Waals surface area contributed by atoms with Gasteiger partial charge in [0.05, 0.1) is 10.7 Å². The lowest BCUT2D eigenvalue weighted by Crippen LogP contribution is -2.30. The minimum absolute atomic E-state index is 0.263. The quantitative estimate of drug-likeness (QED) is 0.664. The Balaban J connectivity index is 1.95. The molecular weight excluding hydrogens is 328 g/mol. The molecule has 0 heterocycles. The zero-order valence-corrected chi connectivity index (χ0v) is 14.0. The first-order valence-corrected chi connectivity index (χ1v) is 7.90. The van der Waals surface area contributed by atoms with E-state index in [1.165, 1.54) is 0 Å². The van der Waals surface area contributed by atoms with Crippen molar-refractivity contribution in [2.75, 3.05) is 17.2 Å². The Hall–Kier alpha value is -2.73.